The van der Waals surface area contributed by atoms with Crippen LogP contribution in [0.15, 0.2) is 42.5 Å². The van der Waals surface area contributed by atoms with Crippen LogP contribution in [0.5, 0.6) is 0 Å². The van der Waals surface area contributed by atoms with Crippen LogP contribution < -0.4 is 10.2 Å². The Morgan fingerprint density at radius 1 is 0.840 bits per heavy atom. The minimum Gasteiger partial charge on any atom is -0.322 e. The largest absolute Gasteiger partial charge is 0.322 e. The maximum absolute atomic E-state index is 12.4. The normalized spacial score (nSPS) is 16.2. The molecule has 2 aromatic carbocycles. The molecule has 25 heavy (non-hydrogen) atoms. The lowest BCUT2D eigenvalue weighted by Crippen LogP contribution is -2.28. The number of nitrogens with zero attached hydrogens (tertiary/aromatic N) is 1. The number of carbonyl (C=O) groups is 3. The molecule has 1 saturated heterocycles. The Bertz CT molecular complexity index is 855. The molecule has 2 aliphatic rings. The average molecular weight is 334 g/mol. The predicted molar refractivity (Wildman–Crippen MR) is 94.6 cm³/mol. The molecule has 1 aliphatic heterocycles. The number of anilines is 2. The number of carbonyl (C=O) groups excluding carboxylic acids is 3. The second kappa shape index (κ2) is 6.16. The molecule has 0 unspecified atom stereocenters. The molecule has 0 bridgehead atoms. The summed E-state index contributed by atoms with van der Waals surface area (Å²) in [4.78, 5) is 37.1. The fourth-order valence-corrected chi connectivity index (χ4v) is 3.48. The van der Waals surface area contributed by atoms with Gasteiger partial charge in [-0.1, -0.05) is 6.07 Å². The van der Waals surface area contributed by atoms with Gasteiger partial charge in [-0.05, 0) is 66.8 Å². The van der Waals surface area contributed by atoms with Crippen LogP contribution in [0, 0.1) is 0 Å². The number of aryl methyl sites for hydroxylation is 2. The minimum atomic E-state index is -0.205. The molecule has 1 heterocycles. The number of rotatable bonds is 3. The number of amides is 3. The van der Waals surface area contributed by atoms with Crippen molar-refractivity contribution in [3.8, 4) is 0 Å². The number of benzene rings is 2. The van der Waals surface area contributed by atoms with Gasteiger partial charge in [-0.15, -0.1) is 0 Å². The van der Waals surface area contributed by atoms with Gasteiger partial charge < -0.3 is 5.32 Å². The third kappa shape index (κ3) is 2.93. The van der Waals surface area contributed by atoms with Crippen molar-refractivity contribution in [2.24, 2.45) is 0 Å². The Hall–Kier alpha value is -2.95. The lowest BCUT2D eigenvalue weighted by atomic mass is 10.1. The Kier molecular flexibility index (Phi) is 3.84. The van der Waals surface area contributed by atoms with Crippen molar-refractivity contribution in [2.45, 2.75) is 32.1 Å². The topological polar surface area (TPSA) is 66.5 Å². The molecule has 0 aromatic heterocycles. The molecule has 1 fully saturated rings. The van der Waals surface area contributed by atoms with Crippen LogP contribution in [-0.2, 0) is 22.4 Å². The van der Waals surface area contributed by atoms with E-state index in [0.717, 1.165) is 18.5 Å². The first-order valence-corrected chi connectivity index (χ1v) is 8.51. The summed E-state index contributed by atoms with van der Waals surface area (Å²) < 4.78 is 0. The number of fused-ring (bicyclic) bond motifs is 1. The standard InChI is InChI=1S/C20H18N2O3/c23-18-10-11-19(24)22(18)17-8-5-14(6-9-17)20(25)21-16-7-4-13-2-1-3-15(13)12-16/h4-9,12H,1-3,10-11H2,(H,21,25). The molecule has 2 aromatic rings. The summed E-state index contributed by atoms with van der Waals surface area (Å²) in [6.45, 7) is 0. The van der Waals surface area contributed by atoms with Crippen molar-refractivity contribution in [2.75, 3.05) is 10.2 Å². The molecule has 0 saturated carbocycles. The highest BCUT2D eigenvalue weighted by Gasteiger charge is 2.30. The van der Waals surface area contributed by atoms with Crippen LogP contribution >= 0.6 is 0 Å². The van der Waals surface area contributed by atoms with E-state index in [1.807, 2.05) is 12.1 Å². The predicted octanol–water partition coefficient (Wildman–Crippen LogP) is 3.08. The van der Waals surface area contributed by atoms with Crippen LogP contribution in [0.2, 0.25) is 0 Å². The second-order valence-electron chi connectivity index (χ2n) is 6.46. The van der Waals surface area contributed by atoms with Crippen LogP contribution in [-0.4, -0.2) is 17.7 Å². The highest BCUT2D eigenvalue weighted by atomic mass is 16.2. The average Bonchev–Trinajstić information content (AvgIpc) is 3.21. The Morgan fingerprint density at radius 3 is 2.24 bits per heavy atom. The lowest BCUT2D eigenvalue weighted by Gasteiger charge is -2.14. The van der Waals surface area contributed by atoms with E-state index in [1.54, 1.807) is 24.3 Å². The van der Waals surface area contributed by atoms with Gasteiger partial charge in [0.2, 0.25) is 11.8 Å². The van der Waals surface area contributed by atoms with Crippen molar-refractivity contribution < 1.29 is 14.4 Å². The molecule has 4 rings (SSSR count). The third-order valence-corrected chi connectivity index (χ3v) is 4.80. The zero-order chi connectivity index (χ0) is 17.4. The van der Waals surface area contributed by atoms with Gasteiger partial charge in [0, 0.05) is 24.1 Å². The van der Waals surface area contributed by atoms with E-state index in [4.69, 9.17) is 0 Å². The summed E-state index contributed by atoms with van der Waals surface area (Å²) in [5.41, 5.74) is 4.46. The van der Waals surface area contributed by atoms with Gasteiger partial charge in [0.1, 0.15) is 0 Å². The van der Waals surface area contributed by atoms with E-state index >= 15 is 0 Å². The van der Waals surface area contributed by atoms with Crippen molar-refractivity contribution in [1.29, 1.82) is 0 Å². The van der Waals surface area contributed by atoms with Crippen LogP contribution in [0.4, 0.5) is 11.4 Å². The van der Waals surface area contributed by atoms with E-state index in [0.29, 0.717) is 11.3 Å². The molecule has 5 nitrogen and oxygen atoms in total. The molecule has 1 aliphatic carbocycles. The van der Waals surface area contributed by atoms with Gasteiger partial charge in [-0.3, -0.25) is 19.3 Å². The maximum Gasteiger partial charge on any atom is 0.255 e. The highest BCUT2D eigenvalue weighted by Crippen LogP contribution is 2.26. The molecule has 3 amide bonds. The summed E-state index contributed by atoms with van der Waals surface area (Å²) in [6.07, 6.45) is 3.84. The van der Waals surface area contributed by atoms with Crippen molar-refractivity contribution >= 4 is 29.1 Å². The number of hydrogen-bond acceptors (Lipinski definition) is 3. The van der Waals surface area contributed by atoms with Gasteiger partial charge in [-0.2, -0.15) is 0 Å². The lowest BCUT2D eigenvalue weighted by molar-refractivity contribution is -0.121. The van der Waals surface area contributed by atoms with Gasteiger partial charge in [-0.25, -0.2) is 0 Å². The Morgan fingerprint density at radius 2 is 1.52 bits per heavy atom. The Balaban J connectivity index is 1.49. The van der Waals surface area contributed by atoms with Crippen molar-refractivity contribution in [3.05, 3.63) is 59.2 Å². The van der Waals surface area contributed by atoms with E-state index in [2.05, 4.69) is 11.4 Å². The minimum absolute atomic E-state index is 0.194. The van der Waals surface area contributed by atoms with Gasteiger partial charge in [0.15, 0.2) is 0 Å². The van der Waals surface area contributed by atoms with E-state index < -0.39 is 0 Å². The molecular formula is C20H18N2O3. The fourth-order valence-electron chi connectivity index (χ4n) is 3.48. The van der Waals surface area contributed by atoms with Crippen LogP contribution in [0.25, 0.3) is 0 Å². The third-order valence-electron chi connectivity index (χ3n) is 4.80. The number of hydrogen-bond donors (Lipinski definition) is 1. The van der Waals surface area contributed by atoms with Gasteiger partial charge in [0.25, 0.3) is 5.91 Å². The monoisotopic (exact) mass is 334 g/mol. The van der Waals surface area contributed by atoms with Crippen LogP contribution in [0.3, 0.4) is 0 Å². The first kappa shape index (κ1) is 15.6. The second-order valence-corrected chi connectivity index (χ2v) is 6.46. The molecular weight excluding hydrogens is 316 g/mol. The fraction of sp³-hybridized carbons (Fsp3) is 0.250. The molecule has 0 atom stereocenters. The molecule has 0 radical (unpaired) electrons. The molecule has 1 N–H and O–H groups in total. The summed E-state index contributed by atoms with van der Waals surface area (Å²) >= 11 is 0. The zero-order valence-corrected chi connectivity index (χ0v) is 13.7. The number of imide groups is 1. The highest BCUT2D eigenvalue weighted by molar-refractivity contribution is 6.20. The molecule has 126 valence electrons. The summed E-state index contributed by atoms with van der Waals surface area (Å²) in [5, 5.41) is 2.91. The van der Waals surface area contributed by atoms with Gasteiger partial charge >= 0.3 is 0 Å². The van der Waals surface area contributed by atoms with Crippen molar-refractivity contribution in [3.63, 3.8) is 0 Å². The SMILES string of the molecule is O=C(Nc1ccc2c(c1)CCC2)c1ccc(N2C(=O)CCC2=O)cc1. The first-order valence-electron chi connectivity index (χ1n) is 8.51. The van der Waals surface area contributed by atoms with Crippen LogP contribution in [0.1, 0.15) is 40.7 Å². The van der Waals surface area contributed by atoms with Gasteiger partial charge in [0.05, 0.1) is 5.69 Å². The number of nitrogens with one attached hydrogen (secondary N) is 1. The smallest absolute Gasteiger partial charge is 0.255 e. The zero-order valence-electron chi connectivity index (χ0n) is 13.7. The quantitative estimate of drug-likeness (QED) is 0.877. The van der Waals surface area contributed by atoms with E-state index in [1.165, 1.54) is 22.4 Å². The summed E-state index contributed by atoms with van der Waals surface area (Å²) in [6, 6.07) is 12.6. The van der Waals surface area contributed by atoms with E-state index in [-0.39, 0.29) is 30.6 Å². The molecule has 0 spiro atoms. The van der Waals surface area contributed by atoms with Crippen molar-refractivity contribution in [1.82, 2.24) is 0 Å². The van der Waals surface area contributed by atoms with E-state index in [9.17, 15) is 14.4 Å². The summed E-state index contributed by atoms with van der Waals surface area (Å²) in [5.74, 6) is -0.593. The maximum atomic E-state index is 12.4. The summed E-state index contributed by atoms with van der Waals surface area (Å²) in [7, 11) is 0. The first-order chi connectivity index (χ1) is 12.1. The molecule has 5 heteroatoms. The Labute approximate surface area is 145 Å².